The van der Waals surface area contributed by atoms with Gasteiger partial charge in [-0.25, -0.2) is 8.78 Å². The fourth-order valence-corrected chi connectivity index (χ4v) is 0.0883. The van der Waals surface area contributed by atoms with Crippen molar-refractivity contribution < 1.29 is 18.4 Å². The number of amides is 2. The molecule has 6 heteroatoms. The minimum absolute atomic E-state index is 0.111. The SMILES string of the molecule is NC=O.O=CN(CF)CF. The van der Waals surface area contributed by atoms with Crippen LogP contribution in [0.25, 0.3) is 0 Å². The molecule has 0 saturated carbocycles. The molecule has 0 atom stereocenters. The average molecular weight is 154 g/mol. The Morgan fingerprint density at radius 3 is 1.60 bits per heavy atom. The van der Waals surface area contributed by atoms with Gasteiger partial charge in [0, 0.05) is 0 Å². The van der Waals surface area contributed by atoms with E-state index in [0.717, 1.165) is 0 Å². The predicted octanol–water partition coefficient (Wildman–Crippen LogP) is -0.600. The summed E-state index contributed by atoms with van der Waals surface area (Å²) in [5.41, 5.74) is 4.17. The van der Waals surface area contributed by atoms with E-state index in [2.05, 4.69) is 5.73 Å². The lowest BCUT2D eigenvalue weighted by Crippen LogP contribution is -2.18. The van der Waals surface area contributed by atoms with Crippen molar-refractivity contribution in [1.82, 2.24) is 4.90 Å². The quantitative estimate of drug-likeness (QED) is 0.435. The average Bonchev–Trinajstić information content (AvgIpc) is 1.93. The lowest BCUT2D eigenvalue weighted by Gasteiger charge is -2.02. The van der Waals surface area contributed by atoms with Gasteiger partial charge in [0.2, 0.25) is 12.8 Å². The Morgan fingerprint density at radius 1 is 1.30 bits per heavy atom. The van der Waals surface area contributed by atoms with Gasteiger partial charge >= 0.3 is 0 Å². The van der Waals surface area contributed by atoms with Crippen LogP contribution in [0, 0.1) is 0 Å². The van der Waals surface area contributed by atoms with E-state index in [-0.39, 0.29) is 12.8 Å². The van der Waals surface area contributed by atoms with Crippen molar-refractivity contribution in [3.63, 3.8) is 0 Å². The molecule has 0 aromatic carbocycles. The second-order valence-electron chi connectivity index (χ2n) is 1.07. The highest BCUT2D eigenvalue weighted by atomic mass is 19.1. The molecule has 0 aromatic rings. The summed E-state index contributed by atoms with van der Waals surface area (Å²) < 4.78 is 22.2. The molecule has 0 unspecified atom stereocenters. The van der Waals surface area contributed by atoms with E-state index >= 15 is 0 Å². The van der Waals surface area contributed by atoms with Crippen molar-refractivity contribution in [3.8, 4) is 0 Å². The van der Waals surface area contributed by atoms with Crippen LogP contribution in [-0.4, -0.2) is 31.3 Å². The Labute approximate surface area is 56.6 Å². The van der Waals surface area contributed by atoms with Crippen LogP contribution >= 0.6 is 0 Å². The molecule has 4 nitrogen and oxygen atoms in total. The van der Waals surface area contributed by atoms with Crippen LogP contribution in [-0.2, 0) is 9.59 Å². The topological polar surface area (TPSA) is 63.4 Å². The van der Waals surface area contributed by atoms with Gasteiger partial charge in [0.05, 0.1) is 0 Å². The third kappa shape index (κ3) is 9.93. The van der Waals surface area contributed by atoms with Crippen LogP contribution in [0.3, 0.4) is 0 Å². The molecule has 10 heavy (non-hydrogen) atoms. The molecule has 0 bridgehead atoms. The molecule has 0 aromatic heterocycles. The maximum Gasteiger partial charge on any atom is 0.213 e. The van der Waals surface area contributed by atoms with Gasteiger partial charge in [0.15, 0.2) is 13.6 Å². The molecule has 0 radical (unpaired) electrons. The second-order valence-corrected chi connectivity index (χ2v) is 1.07. The highest BCUT2D eigenvalue weighted by Crippen LogP contribution is 1.80. The van der Waals surface area contributed by atoms with Crippen molar-refractivity contribution in [2.75, 3.05) is 13.6 Å². The molecule has 0 rings (SSSR count). The van der Waals surface area contributed by atoms with E-state index < -0.39 is 13.6 Å². The predicted molar refractivity (Wildman–Crippen MR) is 30.1 cm³/mol. The first-order valence-electron chi connectivity index (χ1n) is 2.23. The Balaban J connectivity index is 0. The molecule has 0 spiro atoms. The number of carbonyl (C=O) groups excluding carboxylic acids is 2. The van der Waals surface area contributed by atoms with E-state index in [0.29, 0.717) is 4.90 Å². The fraction of sp³-hybridized carbons (Fsp3) is 0.500. The lowest BCUT2D eigenvalue weighted by molar-refractivity contribution is -0.121. The normalized spacial score (nSPS) is 7.00. The summed E-state index contributed by atoms with van der Waals surface area (Å²) in [5, 5.41) is 0. The largest absolute Gasteiger partial charge is 0.372 e. The Morgan fingerprint density at radius 2 is 1.60 bits per heavy atom. The van der Waals surface area contributed by atoms with Gasteiger partial charge in [-0.2, -0.15) is 0 Å². The molecule has 0 aliphatic heterocycles. The van der Waals surface area contributed by atoms with Gasteiger partial charge in [-0.15, -0.1) is 0 Å². The van der Waals surface area contributed by atoms with Crippen LogP contribution < -0.4 is 5.73 Å². The van der Waals surface area contributed by atoms with Crippen molar-refractivity contribution >= 4 is 12.8 Å². The minimum atomic E-state index is -1.06. The van der Waals surface area contributed by atoms with E-state index in [1.807, 2.05) is 0 Å². The van der Waals surface area contributed by atoms with Crippen molar-refractivity contribution in [2.24, 2.45) is 5.73 Å². The smallest absolute Gasteiger partial charge is 0.213 e. The maximum absolute atomic E-state index is 11.1. The van der Waals surface area contributed by atoms with Gasteiger partial charge in [-0.05, 0) is 0 Å². The van der Waals surface area contributed by atoms with Crippen LogP contribution in [0.5, 0.6) is 0 Å². The van der Waals surface area contributed by atoms with Gasteiger partial charge in [-0.1, -0.05) is 0 Å². The zero-order valence-electron chi connectivity index (χ0n) is 5.17. The first kappa shape index (κ1) is 11.6. The third-order valence-corrected chi connectivity index (χ3v) is 0.456. The molecule has 0 heterocycles. The monoisotopic (exact) mass is 154 g/mol. The van der Waals surface area contributed by atoms with Gasteiger partial charge in [-0.3, -0.25) is 14.5 Å². The highest BCUT2D eigenvalue weighted by molar-refractivity contribution is 5.46. The number of hydrogen-bond acceptors (Lipinski definition) is 2. The number of alkyl halides is 2. The summed E-state index contributed by atoms with van der Waals surface area (Å²) in [7, 11) is 0. The molecule has 0 aliphatic carbocycles. The van der Waals surface area contributed by atoms with Crippen molar-refractivity contribution in [1.29, 1.82) is 0 Å². The molecular weight excluding hydrogens is 146 g/mol. The zero-order valence-corrected chi connectivity index (χ0v) is 5.17. The summed E-state index contributed by atoms with van der Waals surface area (Å²) in [4.78, 5) is 18.4. The molecule has 0 aliphatic rings. The number of primary amides is 1. The lowest BCUT2D eigenvalue weighted by atomic mass is 10.9. The first-order valence-corrected chi connectivity index (χ1v) is 2.23. The first-order chi connectivity index (χ1) is 4.76. The van der Waals surface area contributed by atoms with E-state index in [1.54, 1.807) is 0 Å². The number of rotatable bonds is 3. The summed E-state index contributed by atoms with van der Waals surface area (Å²) in [6.45, 7) is -2.11. The highest BCUT2D eigenvalue weighted by Gasteiger charge is 1.93. The molecular formula is C4H8F2N2O2. The van der Waals surface area contributed by atoms with Gasteiger partial charge in [0.25, 0.3) is 0 Å². The standard InChI is InChI=1S/C3H5F2NO.CH3NO/c4-1-6(2-5)3-7;2-1-3/h3H,1-2H2;1H,(H2,2,3). The summed E-state index contributed by atoms with van der Waals surface area (Å²) in [6.07, 6.45) is 0.361. The number of carbonyl (C=O) groups is 2. The van der Waals surface area contributed by atoms with E-state index in [9.17, 15) is 13.6 Å². The molecule has 0 fully saturated rings. The third-order valence-electron chi connectivity index (χ3n) is 0.456. The molecule has 2 N–H and O–H groups in total. The fourth-order valence-electron chi connectivity index (χ4n) is 0.0883. The number of nitrogens with two attached hydrogens (primary N) is 1. The number of nitrogens with zero attached hydrogens (tertiary/aromatic N) is 1. The summed E-state index contributed by atoms with van der Waals surface area (Å²) in [6, 6.07) is 0. The Bertz CT molecular complexity index is 87.3. The van der Waals surface area contributed by atoms with E-state index in [4.69, 9.17) is 4.79 Å². The minimum Gasteiger partial charge on any atom is -0.372 e. The Hall–Kier alpha value is -1.20. The summed E-state index contributed by atoms with van der Waals surface area (Å²) >= 11 is 0. The molecule has 0 saturated heterocycles. The maximum atomic E-state index is 11.1. The molecule has 2 amide bonds. The van der Waals surface area contributed by atoms with Crippen molar-refractivity contribution in [3.05, 3.63) is 0 Å². The molecule has 60 valence electrons. The van der Waals surface area contributed by atoms with Crippen LogP contribution in [0.15, 0.2) is 0 Å². The zero-order chi connectivity index (χ0) is 8.41. The van der Waals surface area contributed by atoms with E-state index in [1.165, 1.54) is 0 Å². The second kappa shape index (κ2) is 10.7. The van der Waals surface area contributed by atoms with Crippen LogP contribution in [0.4, 0.5) is 8.78 Å². The number of hydrogen-bond donors (Lipinski definition) is 1. The van der Waals surface area contributed by atoms with Gasteiger partial charge < -0.3 is 5.73 Å². The van der Waals surface area contributed by atoms with Crippen LogP contribution in [0.1, 0.15) is 0 Å². The Kier molecular flexibility index (Phi) is 12.4. The van der Waals surface area contributed by atoms with Gasteiger partial charge in [0.1, 0.15) is 0 Å². The number of halogens is 2. The van der Waals surface area contributed by atoms with Crippen LogP contribution in [0.2, 0.25) is 0 Å². The van der Waals surface area contributed by atoms with Crippen molar-refractivity contribution in [2.45, 2.75) is 0 Å². The summed E-state index contributed by atoms with van der Waals surface area (Å²) in [5.74, 6) is 0.